The van der Waals surface area contributed by atoms with Crippen molar-refractivity contribution in [2.75, 3.05) is 6.54 Å². The zero-order valence-corrected chi connectivity index (χ0v) is 13.3. The minimum Gasteiger partial charge on any atom is -0.313 e. The van der Waals surface area contributed by atoms with Gasteiger partial charge in [-0.3, -0.25) is 4.68 Å². The number of aromatic nitrogens is 3. The van der Waals surface area contributed by atoms with Gasteiger partial charge in [0.15, 0.2) is 0 Å². The SMILES string of the molecule is CCCn1ncnc1CC(NCC)C(C)c1ccccc1. The van der Waals surface area contributed by atoms with Gasteiger partial charge in [-0.1, -0.05) is 51.1 Å². The normalized spacial score (nSPS) is 14.0. The van der Waals surface area contributed by atoms with Crippen molar-refractivity contribution >= 4 is 0 Å². The lowest BCUT2D eigenvalue weighted by molar-refractivity contribution is 0.435. The molecule has 1 aromatic heterocycles. The Morgan fingerprint density at radius 1 is 1.19 bits per heavy atom. The molecule has 4 heteroatoms. The Labute approximate surface area is 127 Å². The molecule has 21 heavy (non-hydrogen) atoms. The Hall–Kier alpha value is -1.68. The van der Waals surface area contributed by atoms with Crippen LogP contribution in [0, 0.1) is 0 Å². The van der Waals surface area contributed by atoms with Crippen molar-refractivity contribution in [2.24, 2.45) is 0 Å². The average molecular weight is 286 g/mol. The third kappa shape index (κ3) is 4.14. The molecule has 0 aliphatic carbocycles. The maximum Gasteiger partial charge on any atom is 0.138 e. The fraction of sp³-hybridized carbons (Fsp3) is 0.529. The lowest BCUT2D eigenvalue weighted by Crippen LogP contribution is -2.36. The first-order valence-corrected chi connectivity index (χ1v) is 7.91. The molecule has 2 rings (SSSR count). The number of rotatable bonds is 8. The minimum absolute atomic E-state index is 0.372. The molecule has 114 valence electrons. The number of nitrogens with one attached hydrogen (secondary N) is 1. The maximum atomic E-state index is 4.44. The quantitative estimate of drug-likeness (QED) is 0.811. The van der Waals surface area contributed by atoms with Gasteiger partial charge in [-0.15, -0.1) is 0 Å². The number of benzene rings is 1. The largest absolute Gasteiger partial charge is 0.313 e. The molecule has 0 bridgehead atoms. The Balaban J connectivity index is 2.13. The molecule has 0 saturated heterocycles. The van der Waals surface area contributed by atoms with E-state index < -0.39 is 0 Å². The van der Waals surface area contributed by atoms with E-state index in [-0.39, 0.29) is 0 Å². The van der Waals surface area contributed by atoms with E-state index in [0.29, 0.717) is 12.0 Å². The molecule has 1 heterocycles. The summed E-state index contributed by atoms with van der Waals surface area (Å²) in [6.07, 6.45) is 3.65. The summed E-state index contributed by atoms with van der Waals surface area (Å²) in [7, 11) is 0. The highest BCUT2D eigenvalue weighted by Gasteiger charge is 2.20. The Bertz CT molecular complexity index is 521. The number of nitrogens with zero attached hydrogens (tertiary/aromatic N) is 3. The number of likely N-dealkylation sites (N-methyl/N-ethyl adjacent to an activating group) is 1. The van der Waals surface area contributed by atoms with E-state index in [1.165, 1.54) is 5.56 Å². The van der Waals surface area contributed by atoms with Crippen molar-refractivity contribution in [3.63, 3.8) is 0 Å². The minimum atomic E-state index is 0.372. The summed E-state index contributed by atoms with van der Waals surface area (Å²) in [6, 6.07) is 11.0. The molecule has 4 nitrogen and oxygen atoms in total. The number of aryl methyl sites for hydroxylation is 1. The van der Waals surface area contributed by atoms with Crippen molar-refractivity contribution in [3.05, 3.63) is 48.0 Å². The summed E-state index contributed by atoms with van der Waals surface area (Å²) in [5.41, 5.74) is 1.37. The highest BCUT2D eigenvalue weighted by atomic mass is 15.3. The second-order valence-corrected chi connectivity index (χ2v) is 5.47. The van der Waals surface area contributed by atoms with E-state index in [9.17, 15) is 0 Å². The first-order valence-electron chi connectivity index (χ1n) is 7.91. The zero-order chi connectivity index (χ0) is 15.1. The van der Waals surface area contributed by atoms with Crippen LogP contribution < -0.4 is 5.32 Å². The predicted molar refractivity (Wildman–Crippen MR) is 86.3 cm³/mol. The van der Waals surface area contributed by atoms with Gasteiger partial charge in [0, 0.05) is 19.0 Å². The molecule has 0 aliphatic heterocycles. The molecule has 0 amide bonds. The highest BCUT2D eigenvalue weighted by Crippen LogP contribution is 2.21. The number of hydrogen-bond donors (Lipinski definition) is 1. The molecule has 2 aromatic rings. The second-order valence-electron chi connectivity index (χ2n) is 5.47. The third-order valence-corrected chi connectivity index (χ3v) is 3.93. The molecular formula is C17H26N4. The van der Waals surface area contributed by atoms with Crippen LogP contribution in [-0.2, 0) is 13.0 Å². The van der Waals surface area contributed by atoms with Crippen molar-refractivity contribution in [1.29, 1.82) is 0 Å². The van der Waals surface area contributed by atoms with E-state index in [1.54, 1.807) is 6.33 Å². The van der Waals surface area contributed by atoms with E-state index in [4.69, 9.17) is 0 Å². The Morgan fingerprint density at radius 2 is 1.95 bits per heavy atom. The smallest absolute Gasteiger partial charge is 0.138 e. The summed E-state index contributed by atoms with van der Waals surface area (Å²) in [5, 5.41) is 7.94. The fourth-order valence-electron chi connectivity index (χ4n) is 2.72. The van der Waals surface area contributed by atoms with Crippen molar-refractivity contribution in [1.82, 2.24) is 20.1 Å². The van der Waals surface area contributed by atoms with Gasteiger partial charge in [0.2, 0.25) is 0 Å². The molecule has 2 unspecified atom stereocenters. The standard InChI is InChI=1S/C17H26N4/c1-4-11-21-17(19-13-20-21)12-16(18-5-2)14(3)15-9-7-6-8-10-15/h6-10,13-14,16,18H,4-5,11-12H2,1-3H3. The van der Waals surface area contributed by atoms with Crippen LogP contribution >= 0.6 is 0 Å². The van der Waals surface area contributed by atoms with Gasteiger partial charge in [-0.2, -0.15) is 5.10 Å². The van der Waals surface area contributed by atoms with Crippen molar-refractivity contribution in [3.8, 4) is 0 Å². The Kier molecular flexibility index (Phi) is 5.93. The molecule has 0 fully saturated rings. The van der Waals surface area contributed by atoms with Crippen LogP contribution in [0.1, 0.15) is 44.5 Å². The lowest BCUT2D eigenvalue weighted by atomic mass is 9.91. The van der Waals surface area contributed by atoms with Crippen LogP contribution in [0.4, 0.5) is 0 Å². The van der Waals surface area contributed by atoms with Crippen LogP contribution in [0.3, 0.4) is 0 Å². The van der Waals surface area contributed by atoms with E-state index in [2.05, 4.69) is 66.5 Å². The summed E-state index contributed by atoms with van der Waals surface area (Å²) in [6.45, 7) is 8.50. The predicted octanol–water partition coefficient (Wildman–Crippen LogP) is 3.01. The van der Waals surface area contributed by atoms with Gasteiger partial charge >= 0.3 is 0 Å². The Morgan fingerprint density at radius 3 is 2.62 bits per heavy atom. The molecule has 0 spiro atoms. The number of hydrogen-bond acceptors (Lipinski definition) is 3. The monoisotopic (exact) mass is 286 g/mol. The van der Waals surface area contributed by atoms with Gasteiger partial charge in [0.05, 0.1) is 0 Å². The van der Waals surface area contributed by atoms with Crippen molar-refractivity contribution in [2.45, 2.75) is 52.1 Å². The van der Waals surface area contributed by atoms with E-state index >= 15 is 0 Å². The van der Waals surface area contributed by atoms with E-state index in [1.807, 2.05) is 4.68 Å². The summed E-state index contributed by atoms with van der Waals surface area (Å²) in [4.78, 5) is 4.44. The maximum absolute atomic E-state index is 4.44. The summed E-state index contributed by atoms with van der Waals surface area (Å²) < 4.78 is 2.03. The van der Waals surface area contributed by atoms with Gasteiger partial charge in [-0.05, 0) is 24.4 Å². The molecule has 1 aromatic carbocycles. The molecular weight excluding hydrogens is 260 g/mol. The van der Waals surface area contributed by atoms with Gasteiger partial charge in [0.1, 0.15) is 12.2 Å². The van der Waals surface area contributed by atoms with E-state index in [0.717, 1.165) is 31.8 Å². The van der Waals surface area contributed by atoms with Crippen LogP contribution in [0.15, 0.2) is 36.7 Å². The molecule has 0 radical (unpaired) electrons. The first-order chi connectivity index (χ1) is 10.3. The zero-order valence-electron chi connectivity index (χ0n) is 13.3. The summed E-state index contributed by atoms with van der Waals surface area (Å²) in [5.74, 6) is 1.52. The molecule has 0 saturated carbocycles. The second kappa shape index (κ2) is 7.93. The molecule has 2 atom stereocenters. The van der Waals surface area contributed by atoms with Crippen molar-refractivity contribution < 1.29 is 0 Å². The molecule has 1 N–H and O–H groups in total. The summed E-state index contributed by atoms with van der Waals surface area (Å²) >= 11 is 0. The van der Waals surface area contributed by atoms with Crippen LogP contribution in [0.2, 0.25) is 0 Å². The molecule has 0 aliphatic rings. The fourth-order valence-corrected chi connectivity index (χ4v) is 2.72. The van der Waals surface area contributed by atoms with Gasteiger partial charge in [0.25, 0.3) is 0 Å². The van der Waals surface area contributed by atoms with Crippen LogP contribution in [0.25, 0.3) is 0 Å². The van der Waals surface area contributed by atoms with Crippen LogP contribution in [-0.4, -0.2) is 27.4 Å². The lowest BCUT2D eigenvalue weighted by Gasteiger charge is -2.25. The topological polar surface area (TPSA) is 42.7 Å². The van der Waals surface area contributed by atoms with Gasteiger partial charge < -0.3 is 5.32 Å². The average Bonchev–Trinajstić information content (AvgIpc) is 2.94. The third-order valence-electron chi connectivity index (χ3n) is 3.93. The van der Waals surface area contributed by atoms with Crippen LogP contribution in [0.5, 0.6) is 0 Å². The highest BCUT2D eigenvalue weighted by molar-refractivity contribution is 5.21. The first kappa shape index (κ1) is 15.7. The van der Waals surface area contributed by atoms with Gasteiger partial charge in [-0.25, -0.2) is 4.98 Å².